The number of aliphatic hydroxyl groups excluding tert-OH is 1. The Hall–Kier alpha value is -0.770. The maximum atomic E-state index is 12.4. The van der Waals surface area contributed by atoms with E-state index in [4.69, 9.17) is 28.3 Å². The van der Waals surface area contributed by atoms with Crippen LogP contribution in [0, 0.1) is 0 Å². The SMILES string of the molecule is O=C(c1ccc(Cl)cc1Cl)N(CCO)C1CCC1. The zero-order chi connectivity index (χ0) is 13.1. The third kappa shape index (κ3) is 2.79. The van der Waals surface area contributed by atoms with Crippen molar-refractivity contribution in [1.82, 2.24) is 4.90 Å². The summed E-state index contributed by atoms with van der Waals surface area (Å²) in [6.45, 7) is 0.315. The molecule has 2 rings (SSSR count). The van der Waals surface area contributed by atoms with Gasteiger partial charge in [-0.05, 0) is 37.5 Å². The zero-order valence-electron chi connectivity index (χ0n) is 9.90. The van der Waals surface area contributed by atoms with Gasteiger partial charge in [-0.1, -0.05) is 23.2 Å². The lowest BCUT2D eigenvalue weighted by Crippen LogP contribution is -2.45. The first-order valence-electron chi connectivity index (χ1n) is 6.00. The lowest BCUT2D eigenvalue weighted by molar-refractivity contribution is 0.0526. The summed E-state index contributed by atoms with van der Waals surface area (Å²) in [6, 6.07) is 5.08. The fourth-order valence-electron chi connectivity index (χ4n) is 2.07. The Morgan fingerprint density at radius 3 is 2.61 bits per heavy atom. The molecule has 1 fully saturated rings. The first-order valence-corrected chi connectivity index (χ1v) is 6.76. The number of rotatable bonds is 4. The Labute approximate surface area is 116 Å². The molecule has 0 heterocycles. The van der Waals surface area contributed by atoms with Crippen molar-refractivity contribution in [3.8, 4) is 0 Å². The first-order chi connectivity index (χ1) is 8.63. The monoisotopic (exact) mass is 287 g/mol. The van der Waals surface area contributed by atoms with Gasteiger partial charge in [0.25, 0.3) is 5.91 Å². The molecule has 1 saturated carbocycles. The zero-order valence-corrected chi connectivity index (χ0v) is 11.4. The molecule has 98 valence electrons. The summed E-state index contributed by atoms with van der Waals surface area (Å²) >= 11 is 11.9. The molecule has 0 atom stereocenters. The van der Waals surface area contributed by atoms with Crippen molar-refractivity contribution in [3.05, 3.63) is 33.8 Å². The number of carbonyl (C=O) groups excluding carboxylic acids is 1. The molecule has 1 aromatic rings. The topological polar surface area (TPSA) is 40.5 Å². The Morgan fingerprint density at radius 2 is 2.11 bits per heavy atom. The summed E-state index contributed by atoms with van der Waals surface area (Å²) in [7, 11) is 0. The van der Waals surface area contributed by atoms with Gasteiger partial charge in [0, 0.05) is 17.6 Å². The average molecular weight is 288 g/mol. The van der Waals surface area contributed by atoms with Gasteiger partial charge < -0.3 is 10.0 Å². The van der Waals surface area contributed by atoms with Crippen LogP contribution in [0.2, 0.25) is 10.0 Å². The molecule has 1 aliphatic rings. The van der Waals surface area contributed by atoms with Gasteiger partial charge in [0.2, 0.25) is 0 Å². The normalized spacial score (nSPS) is 15.3. The fraction of sp³-hybridized carbons (Fsp3) is 0.462. The number of aliphatic hydroxyl groups is 1. The van der Waals surface area contributed by atoms with Crippen molar-refractivity contribution in [2.75, 3.05) is 13.2 Å². The van der Waals surface area contributed by atoms with Gasteiger partial charge >= 0.3 is 0 Å². The van der Waals surface area contributed by atoms with Crippen molar-refractivity contribution in [2.24, 2.45) is 0 Å². The second-order valence-electron chi connectivity index (χ2n) is 4.43. The summed E-state index contributed by atoms with van der Waals surface area (Å²) in [4.78, 5) is 14.1. The third-order valence-electron chi connectivity index (χ3n) is 3.28. The quantitative estimate of drug-likeness (QED) is 0.925. The van der Waals surface area contributed by atoms with E-state index in [0.29, 0.717) is 22.2 Å². The lowest BCUT2D eigenvalue weighted by atomic mass is 9.91. The second-order valence-corrected chi connectivity index (χ2v) is 5.27. The number of halogens is 2. The minimum atomic E-state index is -0.129. The van der Waals surface area contributed by atoms with Crippen molar-refractivity contribution < 1.29 is 9.90 Å². The van der Waals surface area contributed by atoms with Crippen LogP contribution in [0.1, 0.15) is 29.6 Å². The minimum Gasteiger partial charge on any atom is -0.395 e. The van der Waals surface area contributed by atoms with Gasteiger partial charge in [-0.15, -0.1) is 0 Å². The van der Waals surface area contributed by atoms with Crippen LogP contribution in [0.15, 0.2) is 18.2 Å². The molecule has 3 nitrogen and oxygen atoms in total. The van der Waals surface area contributed by atoms with E-state index in [1.807, 2.05) is 0 Å². The molecule has 1 N–H and O–H groups in total. The largest absolute Gasteiger partial charge is 0.395 e. The van der Waals surface area contributed by atoms with Crippen LogP contribution in [0.25, 0.3) is 0 Å². The number of nitrogens with zero attached hydrogens (tertiary/aromatic N) is 1. The smallest absolute Gasteiger partial charge is 0.255 e. The van der Waals surface area contributed by atoms with E-state index in [9.17, 15) is 4.79 Å². The molecule has 1 aromatic carbocycles. The highest BCUT2D eigenvalue weighted by Gasteiger charge is 2.29. The second kappa shape index (κ2) is 5.91. The van der Waals surface area contributed by atoms with Crippen LogP contribution in [0.3, 0.4) is 0 Å². The van der Waals surface area contributed by atoms with Crippen LogP contribution in [0.4, 0.5) is 0 Å². The molecule has 1 amide bonds. The Morgan fingerprint density at radius 1 is 1.39 bits per heavy atom. The van der Waals surface area contributed by atoms with E-state index in [2.05, 4.69) is 0 Å². The third-order valence-corrected chi connectivity index (χ3v) is 3.83. The van der Waals surface area contributed by atoms with E-state index in [1.165, 1.54) is 0 Å². The lowest BCUT2D eigenvalue weighted by Gasteiger charge is -2.37. The van der Waals surface area contributed by atoms with E-state index in [-0.39, 0.29) is 18.6 Å². The number of amides is 1. The van der Waals surface area contributed by atoms with Gasteiger partial charge in [-0.3, -0.25) is 4.79 Å². The standard InChI is InChI=1S/C13H15Cl2NO2/c14-9-4-5-11(12(15)8-9)13(18)16(6-7-17)10-2-1-3-10/h4-5,8,10,17H,1-3,6-7H2. The highest BCUT2D eigenvalue weighted by Crippen LogP contribution is 2.28. The van der Waals surface area contributed by atoms with Crippen LogP contribution in [-0.2, 0) is 0 Å². The molecule has 0 bridgehead atoms. The summed E-state index contributed by atoms with van der Waals surface area (Å²) in [5.41, 5.74) is 0.446. The van der Waals surface area contributed by atoms with E-state index >= 15 is 0 Å². The Balaban J connectivity index is 2.21. The maximum Gasteiger partial charge on any atom is 0.255 e. The summed E-state index contributed by atoms with van der Waals surface area (Å²) in [5.74, 6) is -0.129. The highest BCUT2D eigenvalue weighted by molar-refractivity contribution is 6.36. The summed E-state index contributed by atoms with van der Waals surface area (Å²) < 4.78 is 0. The van der Waals surface area contributed by atoms with Crippen molar-refractivity contribution in [3.63, 3.8) is 0 Å². The predicted molar refractivity (Wildman–Crippen MR) is 72.2 cm³/mol. The molecule has 0 radical (unpaired) electrons. The molecule has 1 aliphatic carbocycles. The minimum absolute atomic E-state index is 0.0343. The number of benzene rings is 1. The molecule has 18 heavy (non-hydrogen) atoms. The van der Waals surface area contributed by atoms with Crippen molar-refractivity contribution >= 4 is 29.1 Å². The Bertz CT molecular complexity index is 447. The van der Waals surface area contributed by atoms with Crippen molar-refractivity contribution in [2.45, 2.75) is 25.3 Å². The van der Waals surface area contributed by atoms with Crippen LogP contribution in [-0.4, -0.2) is 35.1 Å². The van der Waals surface area contributed by atoms with Gasteiger partial charge in [0.15, 0.2) is 0 Å². The molecular formula is C13H15Cl2NO2. The van der Waals surface area contributed by atoms with E-state index in [0.717, 1.165) is 19.3 Å². The molecular weight excluding hydrogens is 273 g/mol. The Kier molecular flexibility index (Phi) is 4.49. The molecule has 0 spiro atoms. The predicted octanol–water partition coefficient (Wildman–Crippen LogP) is 2.98. The number of carbonyl (C=O) groups is 1. The number of hydrogen-bond donors (Lipinski definition) is 1. The fourth-order valence-corrected chi connectivity index (χ4v) is 2.56. The maximum absolute atomic E-state index is 12.4. The van der Waals surface area contributed by atoms with Gasteiger partial charge in [-0.25, -0.2) is 0 Å². The van der Waals surface area contributed by atoms with Crippen LogP contribution >= 0.6 is 23.2 Å². The molecule has 0 saturated heterocycles. The molecule has 0 unspecified atom stereocenters. The molecule has 0 aromatic heterocycles. The average Bonchev–Trinajstić information content (AvgIpc) is 2.25. The van der Waals surface area contributed by atoms with Gasteiger partial charge in [0.1, 0.15) is 0 Å². The van der Waals surface area contributed by atoms with Gasteiger partial charge in [-0.2, -0.15) is 0 Å². The summed E-state index contributed by atoms with van der Waals surface area (Å²) in [6.07, 6.45) is 3.13. The summed E-state index contributed by atoms with van der Waals surface area (Å²) in [5, 5.41) is 9.93. The van der Waals surface area contributed by atoms with E-state index < -0.39 is 0 Å². The van der Waals surface area contributed by atoms with E-state index in [1.54, 1.807) is 23.1 Å². The molecule has 5 heteroatoms. The van der Waals surface area contributed by atoms with Gasteiger partial charge in [0.05, 0.1) is 17.2 Å². The molecule has 0 aliphatic heterocycles. The van der Waals surface area contributed by atoms with Crippen molar-refractivity contribution in [1.29, 1.82) is 0 Å². The highest BCUT2D eigenvalue weighted by atomic mass is 35.5. The van der Waals surface area contributed by atoms with Crippen LogP contribution in [0.5, 0.6) is 0 Å². The first kappa shape index (κ1) is 13.7. The van der Waals surface area contributed by atoms with Crippen LogP contribution < -0.4 is 0 Å². The number of hydrogen-bond acceptors (Lipinski definition) is 2.